The lowest BCUT2D eigenvalue weighted by Crippen LogP contribution is -2.50. The molecule has 29 heavy (non-hydrogen) atoms. The van der Waals surface area contributed by atoms with Crippen LogP contribution in [0.25, 0.3) is 0 Å². The van der Waals surface area contributed by atoms with Crippen molar-refractivity contribution in [2.24, 2.45) is 0 Å². The monoisotopic (exact) mass is 405 g/mol. The second-order valence-electron chi connectivity index (χ2n) is 8.58. The number of carbonyl (C=O) groups is 2. The molecule has 0 saturated carbocycles. The maximum absolute atomic E-state index is 12.6. The van der Waals surface area contributed by atoms with Crippen molar-refractivity contribution >= 4 is 11.8 Å². The number of hydrogen-bond donors (Lipinski definition) is 2. The Balaban J connectivity index is 1.40. The molecule has 2 N–H and O–H groups in total. The molecule has 2 amide bonds. The number of amides is 2. The van der Waals surface area contributed by atoms with Crippen LogP contribution in [0.1, 0.15) is 51.9 Å². The molecule has 8 heteroatoms. The van der Waals surface area contributed by atoms with Crippen LogP contribution in [0.4, 0.5) is 0 Å². The number of piperidine rings is 1. The van der Waals surface area contributed by atoms with Crippen LogP contribution in [0.2, 0.25) is 0 Å². The van der Waals surface area contributed by atoms with Crippen LogP contribution in [0.3, 0.4) is 0 Å². The largest absolute Gasteiger partial charge is 0.388 e. The lowest BCUT2D eigenvalue weighted by Gasteiger charge is -2.38. The molecule has 1 atom stereocenters. The lowest BCUT2D eigenvalue weighted by atomic mass is 9.93. The first-order valence-corrected chi connectivity index (χ1v) is 10.9. The van der Waals surface area contributed by atoms with Gasteiger partial charge in [-0.1, -0.05) is 0 Å². The third-order valence-corrected chi connectivity index (χ3v) is 6.12. The quantitative estimate of drug-likeness (QED) is 0.707. The third-order valence-electron chi connectivity index (χ3n) is 6.12. The van der Waals surface area contributed by atoms with Crippen molar-refractivity contribution in [1.82, 2.24) is 24.9 Å². The fourth-order valence-corrected chi connectivity index (χ4v) is 4.51. The van der Waals surface area contributed by atoms with Crippen LogP contribution in [-0.4, -0.2) is 80.9 Å². The predicted molar refractivity (Wildman–Crippen MR) is 110 cm³/mol. The summed E-state index contributed by atoms with van der Waals surface area (Å²) in [6.07, 6.45) is 9.02. The normalized spacial score (nSPS) is 24.3. The van der Waals surface area contributed by atoms with Gasteiger partial charge in [0.05, 0.1) is 5.60 Å². The number of aromatic nitrogens is 2. The van der Waals surface area contributed by atoms with Crippen molar-refractivity contribution < 1.29 is 14.7 Å². The number of carbonyl (C=O) groups excluding carboxylic acids is 2. The average Bonchev–Trinajstić information content (AvgIpc) is 3.11. The Morgan fingerprint density at radius 3 is 2.69 bits per heavy atom. The molecule has 0 bridgehead atoms. The first-order valence-electron chi connectivity index (χ1n) is 10.9. The van der Waals surface area contributed by atoms with E-state index in [1.54, 1.807) is 13.1 Å². The highest BCUT2D eigenvalue weighted by molar-refractivity contribution is 5.76. The molecule has 2 saturated heterocycles. The number of β-amino-alcohol motifs (C(OH)–C–C–N with tert-alkyl or cyclic N) is 1. The fourth-order valence-electron chi connectivity index (χ4n) is 4.51. The molecule has 2 aliphatic heterocycles. The summed E-state index contributed by atoms with van der Waals surface area (Å²) in [5.74, 6) is 0.206. The van der Waals surface area contributed by atoms with Crippen LogP contribution < -0.4 is 5.32 Å². The zero-order valence-corrected chi connectivity index (χ0v) is 17.6. The minimum Gasteiger partial charge on any atom is -0.388 e. The number of nitrogens with one attached hydrogen (secondary N) is 1. The van der Waals surface area contributed by atoms with Crippen LogP contribution >= 0.6 is 0 Å². The van der Waals surface area contributed by atoms with Crippen LogP contribution in [0.15, 0.2) is 18.5 Å². The lowest BCUT2D eigenvalue weighted by molar-refractivity contribution is -0.131. The molecular formula is C21H35N5O3. The number of hydrogen-bond acceptors (Lipinski definition) is 5. The highest BCUT2D eigenvalue weighted by Crippen LogP contribution is 2.25. The summed E-state index contributed by atoms with van der Waals surface area (Å²) in [5.41, 5.74) is -0.731. The van der Waals surface area contributed by atoms with Gasteiger partial charge in [-0.05, 0) is 44.6 Å². The van der Waals surface area contributed by atoms with Crippen molar-refractivity contribution in [1.29, 1.82) is 0 Å². The Bertz CT molecular complexity index is 657. The van der Waals surface area contributed by atoms with E-state index in [1.807, 2.05) is 21.8 Å². The minimum atomic E-state index is -0.731. The van der Waals surface area contributed by atoms with Crippen molar-refractivity contribution in [3.8, 4) is 0 Å². The zero-order valence-electron chi connectivity index (χ0n) is 17.6. The molecule has 0 radical (unpaired) electrons. The van der Waals surface area contributed by atoms with E-state index >= 15 is 0 Å². The Hall–Kier alpha value is -1.93. The number of nitrogens with zero attached hydrogens (tertiary/aromatic N) is 4. The second-order valence-corrected chi connectivity index (χ2v) is 8.58. The van der Waals surface area contributed by atoms with Gasteiger partial charge < -0.3 is 20.2 Å². The maximum Gasteiger partial charge on any atom is 0.222 e. The molecule has 3 rings (SSSR count). The van der Waals surface area contributed by atoms with Crippen molar-refractivity contribution in [2.45, 2.75) is 70.1 Å². The zero-order chi connectivity index (χ0) is 20.7. The van der Waals surface area contributed by atoms with E-state index in [0.29, 0.717) is 25.9 Å². The molecule has 8 nitrogen and oxygen atoms in total. The molecular weight excluding hydrogens is 370 g/mol. The van der Waals surface area contributed by atoms with Crippen LogP contribution in [0.5, 0.6) is 0 Å². The van der Waals surface area contributed by atoms with Gasteiger partial charge >= 0.3 is 0 Å². The standard InChI is InChI=1S/C21H35N5O3/c1-18(27)23-19-6-14-24(15-7-19)17-21(29)8-3-11-25(16-9-21)20(28)5-2-12-26-13-4-10-22-26/h4,10,13,19,29H,2-3,5-9,11-12,14-17H2,1H3,(H,23,27)/t21-/m1/s1. The summed E-state index contributed by atoms with van der Waals surface area (Å²) in [7, 11) is 0. The van der Waals surface area contributed by atoms with Gasteiger partial charge in [0.2, 0.25) is 11.8 Å². The van der Waals surface area contributed by atoms with Crippen molar-refractivity contribution in [3.05, 3.63) is 18.5 Å². The summed E-state index contributed by atoms with van der Waals surface area (Å²) < 4.78 is 1.85. The number of aryl methyl sites for hydroxylation is 1. The van der Waals surface area contributed by atoms with E-state index in [0.717, 1.165) is 58.3 Å². The van der Waals surface area contributed by atoms with Gasteiger partial charge in [-0.3, -0.25) is 14.3 Å². The average molecular weight is 406 g/mol. The number of rotatable bonds is 7. The molecule has 1 aromatic rings. The molecule has 2 aliphatic rings. The first-order chi connectivity index (χ1) is 13.9. The van der Waals surface area contributed by atoms with Gasteiger partial charge in [-0.15, -0.1) is 0 Å². The molecule has 0 unspecified atom stereocenters. The highest BCUT2D eigenvalue weighted by atomic mass is 16.3. The van der Waals surface area contributed by atoms with Gasteiger partial charge in [0.1, 0.15) is 0 Å². The number of aliphatic hydroxyl groups is 1. The third kappa shape index (κ3) is 6.82. The number of likely N-dealkylation sites (tertiary alicyclic amines) is 2. The molecule has 0 aromatic carbocycles. The molecule has 0 aliphatic carbocycles. The smallest absolute Gasteiger partial charge is 0.222 e. The van der Waals surface area contributed by atoms with Gasteiger partial charge in [-0.2, -0.15) is 5.10 Å². The molecule has 0 spiro atoms. The van der Waals surface area contributed by atoms with Gasteiger partial charge in [0, 0.05) is 71.0 Å². The van der Waals surface area contributed by atoms with Crippen molar-refractivity contribution in [3.63, 3.8) is 0 Å². The van der Waals surface area contributed by atoms with E-state index in [4.69, 9.17) is 0 Å². The Morgan fingerprint density at radius 1 is 1.21 bits per heavy atom. The minimum absolute atomic E-state index is 0.0280. The van der Waals surface area contributed by atoms with Gasteiger partial charge in [0.15, 0.2) is 0 Å². The SMILES string of the molecule is CC(=O)NC1CCN(C[C@@]2(O)CCCN(C(=O)CCCn3cccn3)CC2)CC1. The topological polar surface area (TPSA) is 90.7 Å². The molecule has 162 valence electrons. The Kier molecular flexibility index (Phi) is 7.66. The summed E-state index contributed by atoms with van der Waals surface area (Å²) in [5, 5.41) is 18.3. The van der Waals surface area contributed by atoms with Crippen LogP contribution in [-0.2, 0) is 16.1 Å². The predicted octanol–water partition coefficient (Wildman–Crippen LogP) is 1.01. The fraction of sp³-hybridized carbons (Fsp3) is 0.762. The Morgan fingerprint density at radius 2 is 2.00 bits per heavy atom. The van der Waals surface area contributed by atoms with Crippen molar-refractivity contribution in [2.75, 3.05) is 32.7 Å². The van der Waals surface area contributed by atoms with E-state index < -0.39 is 5.60 Å². The van der Waals surface area contributed by atoms with E-state index in [1.165, 1.54) is 0 Å². The van der Waals surface area contributed by atoms with Crippen LogP contribution in [0, 0.1) is 0 Å². The van der Waals surface area contributed by atoms with Gasteiger partial charge in [-0.25, -0.2) is 0 Å². The highest BCUT2D eigenvalue weighted by Gasteiger charge is 2.34. The first kappa shape index (κ1) is 21.8. The van der Waals surface area contributed by atoms with E-state index in [-0.39, 0.29) is 17.9 Å². The van der Waals surface area contributed by atoms with Gasteiger partial charge in [0.25, 0.3) is 0 Å². The summed E-state index contributed by atoms with van der Waals surface area (Å²) in [6, 6.07) is 2.14. The van der Waals surface area contributed by atoms with E-state index in [2.05, 4.69) is 15.3 Å². The molecule has 1 aromatic heterocycles. The summed E-state index contributed by atoms with van der Waals surface area (Å²) in [6.45, 7) is 6.11. The summed E-state index contributed by atoms with van der Waals surface area (Å²) >= 11 is 0. The molecule has 2 fully saturated rings. The second kappa shape index (κ2) is 10.2. The summed E-state index contributed by atoms with van der Waals surface area (Å²) in [4.78, 5) is 28.0. The van der Waals surface area contributed by atoms with E-state index in [9.17, 15) is 14.7 Å². The maximum atomic E-state index is 12.6. The Labute approximate surface area is 173 Å². The molecule has 3 heterocycles.